The number of carbonyl (C=O) groups excluding carboxylic acids is 2. The van der Waals surface area contributed by atoms with Crippen molar-refractivity contribution in [3.63, 3.8) is 0 Å². The molecule has 3 aromatic rings. The van der Waals surface area contributed by atoms with E-state index in [1.165, 1.54) is 80.3 Å². The zero-order valence-electron chi connectivity index (χ0n) is 28.5. The van der Waals surface area contributed by atoms with Crippen molar-refractivity contribution in [3.8, 4) is 5.75 Å². The predicted octanol–water partition coefficient (Wildman–Crippen LogP) is 12.3. The fourth-order valence-corrected chi connectivity index (χ4v) is 7.72. The molecule has 1 aliphatic rings. The highest BCUT2D eigenvalue weighted by atomic mass is 35.5. The summed E-state index contributed by atoms with van der Waals surface area (Å²) in [7, 11) is 0. The average molecular weight is 781 g/mol. The molecule has 3 aromatic carbocycles. The fraction of sp³-hybridized carbons (Fsp3) is 0.447. The minimum Gasteiger partial charge on any atom is -0.494 e. The van der Waals surface area contributed by atoms with Crippen LogP contribution in [0.3, 0.4) is 0 Å². The summed E-state index contributed by atoms with van der Waals surface area (Å²) < 4.78 is 5.82. The quantitative estimate of drug-likeness (QED) is 0.105. The maximum atomic E-state index is 13.8. The van der Waals surface area contributed by atoms with Crippen molar-refractivity contribution in [2.75, 3.05) is 28.0 Å². The number of benzene rings is 3. The molecular formula is C38H46Cl4N4O3S. The molecule has 12 heteroatoms. The molecule has 1 heterocycles. The molecule has 0 saturated heterocycles. The Kier molecular flexibility index (Phi) is 17.4. The van der Waals surface area contributed by atoms with Crippen molar-refractivity contribution in [2.24, 2.45) is 5.10 Å². The molecule has 0 aliphatic carbocycles. The summed E-state index contributed by atoms with van der Waals surface area (Å²) in [4.78, 5) is 26.6. The Morgan fingerprint density at radius 2 is 1.46 bits per heavy atom. The van der Waals surface area contributed by atoms with Gasteiger partial charge in [-0.15, -0.1) is 16.9 Å². The third kappa shape index (κ3) is 12.9. The topological polar surface area (TPSA) is 83.0 Å². The van der Waals surface area contributed by atoms with E-state index in [0.29, 0.717) is 52.5 Å². The molecule has 1 atom stereocenters. The lowest BCUT2D eigenvalue weighted by atomic mass is 10.1. The first kappa shape index (κ1) is 40.2. The summed E-state index contributed by atoms with van der Waals surface area (Å²) in [5.74, 6) is 1.39. The molecule has 270 valence electrons. The molecule has 0 spiro atoms. The van der Waals surface area contributed by atoms with Gasteiger partial charge in [0.15, 0.2) is 5.84 Å². The van der Waals surface area contributed by atoms with Gasteiger partial charge in [0.05, 0.1) is 27.4 Å². The van der Waals surface area contributed by atoms with E-state index in [0.717, 1.165) is 25.0 Å². The van der Waals surface area contributed by atoms with E-state index in [-0.39, 0.29) is 27.5 Å². The van der Waals surface area contributed by atoms with Gasteiger partial charge < -0.3 is 15.4 Å². The van der Waals surface area contributed by atoms with Gasteiger partial charge in [-0.2, -0.15) is 5.01 Å². The molecule has 1 unspecified atom stereocenters. The Morgan fingerprint density at radius 3 is 2.12 bits per heavy atom. The number of ether oxygens (including phenoxy) is 1. The van der Waals surface area contributed by atoms with Gasteiger partial charge in [0, 0.05) is 17.1 Å². The van der Waals surface area contributed by atoms with Gasteiger partial charge in [0.1, 0.15) is 16.7 Å². The number of unbranched alkanes of at least 4 members (excludes halogenated alkanes) is 10. The van der Waals surface area contributed by atoms with Crippen LogP contribution in [0.4, 0.5) is 17.1 Å². The monoisotopic (exact) mass is 778 g/mol. The van der Waals surface area contributed by atoms with Crippen molar-refractivity contribution < 1.29 is 14.3 Å². The first-order chi connectivity index (χ1) is 24.3. The predicted molar refractivity (Wildman–Crippen MR) is 214 cm³/mol. The Labute approximate surface area is 320 Å². The lowest BCUT2D eigenvalue weighted by molar-refractivity contribution is -0.117. The van der Waals surface area contributed by atoms with Gasteiger partial charge >= 0.3 is 0 Å². The number of hydrazone groups is 1. The lowest BCUT2D eigenvalue weighted by Gasteiger charge is -2.17. The number of nitrogens with one attached hydrogen (secondary N) is 2. The highest BCUT2D eigenvalue weighted by Gasteiger charge is 2.39. The third-order valence-corrected chi connectivity index (χ3v) is 10.6. The number of hydrogen-bond acceptors (Lipinski definition) is 6. The van der Waals surface area contributed by atoms with Crippen molar-refractivity contribution in [2.45, 2.75) is 95.6 Å². The van der Waals surface area contributed by atoms with Gasteiger partial charge in [-0.1, -0.05) is 136 Å². The van der Waals surface area contributed by atoms with Gasteiger partial charge in [-0.05, 0) is 61.1 Å². The molecule has 50 heavy (non-hydrogen) atoms. The first-order valence-electron chi connectivity index (χ1n) is 17.5. The van der Waals surface area contributed by atoms with E-state index < -0.39 is 5.25 Å². The van der Waals surface area contributed by atoms with Crippen LogP contribution in [0.15, 0.2) is 65.8 Å². The minimum absolute atomic E-state index is 0.0491. The Hall–Kier alpha value is -2.62. The van der Waals surface area contributed by atoms with Crippen LogP contribution in [0.2, 0.25) is 20.1 Å². The summed E-state index contributed by atoms with van der Waals surface area (Å²) in [5.41, 5.74) is 1.34. The number of nitrogens with zero attached hydrogens (tertiary/aromatic N) is 2. The molecule has 1 aliphatic heterocycles. The zero-order valence-corrected chi connectivity index (χ0v) is 32.3. The zero-order chi connectivity index (χ0) is 35.7. The minimum atomic E-state index is -0.704. The summed E-state index contributed by atoms with van der Waals surface area (Å²) >= 11 is 27.1. The number of amides is 2. The second kappa shape index (κ2) is 21.7. The second-order valence-electron chi connectivity index (χ2n) is 12.3. The van der Waals surface area contributed by atoms with Crippen LogP contribution in [0.5, 0.6) is 5.75 Å². The van der Waals surface area contributed by atoms with Crippen molar-refractivity contribution in [1.82, 2.24) is 0 Å². The third-order valence-electron chi connectivity index (χ3n) is 8.19. The summed E-state index contributed by atoms with van der Waals surface area (Å²) in [6.07, 6.45) is 14.6. The molecule has 4 rings (SSSR count). The maximum absolute atomic E-state index is 13.8. The maximum Gasteiger partial charge on any atom is 0.268 e. The van der Waals surface area contributed by atoms with Crippen LogP contribution in [0.1, 0.15) is 90.4 Å². The molecule has 0 saturated carbocycles. The SMILES string of the molecule is CCCCCCCCCCCCCC(=O)Nc1ccc(Cl)c(NC2=NN(c3c(Cl)cc(Cl)cc3Cl)C(=O)C2SCCCOc2ccccc2)c1. The molecule has 2 N–H and O–H groups in total. The molecular weight excluding hydrogens is 734 g/mol. The van der Waals surface area contributed by atoms with Crippen molar-refractivity contribution in [3.05, 3.63) is 80.8 Å². The lowest BCUT2D eigenvalue weighted by Crippen LogP contribution is -2.32. The molecule has 7 nitrogen and oxygen atoms in total. The second-order valence-corrected chi connectivity index (χ2v) is 15.1. The smallest absolute Gasteiger partial charge is 0.268 e. The van der Waals surface area contributed by atoms with Crippen LogP contribution in [0.25, 0.3) is 0 Å². The largest absolute Gasteiger partial charge is 0.494 e. The first-order valence-corrected chi connectivity index (χ1v) is 20.1. The number of para-hydroxylation sites is 1. The summed E-state index contributed by atoms with van der Waals surface area (Å²) in [6, 6.07) is 17.8. The Morgan fingerprint density at radius 1 is 0.820 bits per heavy atom. The van der Waals surface area contributed by atoms with E-state index in [9.17, 15) is 9.59 Å². The number of halogens is 4. The average Bonchev–Trinajstić information content (AvgIpc) is 3.38. The molecule has 2 amide bonds. The normalized spacial score (nSPS) is 14.2. The molecule has 0 bridgehead atoms. The number of amidine groups is 1. The number of carbonyl (C=O) groups is 2. The van der Waals surface area contributed by atoms with Crippen LogP contribution in [0, 0.1) is 0 Å². The van der Waals surface area contributed by atoms with Crippen LogP contribution >= 0.6 is 58.2 Å². The van der Waals surface area contributed by atoms with Crippen molar-refractivity contribution in [1.29, 1.82) is 0 Å². The van der Waals surface area contributed by atoms with E-state index in [4.69, 9.17) is 51.1 Å². The van der Waals surface area contributed by atoms with E-state index in [2.05, 4.69) is 22.7 Å². The van der Waals surface area contributed by atoms with Crippen LogP contribution in [-0.2, 0) is 9.59 Å². The number of rotatable bonds is 21. The summed E-state index contributed by atoms with van der Waals surface area (Å²) in [6.45, 7) is 2.73. The standard InChI is InChI=1S/C38H46Cl4N4O3S/c1-2-3-4-5-6-7-8-9-10-11-15-19-34(47)43-28-20-21-30(40)33(26-28)44-37-36(50-23-16-22-49-29-17-13-12-14-18-29)38(48)46(45-37)35-31(41)24-27(39)25-32(35)42/h12-14,17-18,20-21,24-26,36H,2-11,15-16,19,22-23H2,1H3,(H,43,47)(H,44,45). The van der Waals surface area contributed by atoms with Gasteiger partial charge in [0.2, 0.25) is 5.91 Å². The highest BCUT2D eigenvalue weighted by Crippen LogP contribution is 2.40. The highest BCUT2D eigenvalue weighted by molar-refractivity contribution is 8.01. The Balaban J connectivity index is 1.34. The van der Waals surface area contributed by atoms with Gasteiger partial charge in [-0.3, -0.25) is 9.59 Å². The van der Waals surface area contributed by atoms with Crippen LogP contribution in [-0.4, -0.2) is 35.3 Å². The van der Waals surface area contributed by atoms with E-state index >= 15 is 0 Å². The van der Waals surface area contributed by atoms with Crippen molar-refractivity contribution >= 4 is 92.9 Å². The van der Waals surface area contributed by atoms with Gasteiger partial charge in [-0.25, -0.2) is 0 Å². The van der Waals surface area contributed by atoms with E-state index in [1.807, 2.05) is 30.3 Å². The summed E-state index contributed by atoms with van der Waals surface area (Å²) in [5, 5.41) is 12.5. The van der Waals surface area contributed by atoms with E-state index in [1.54, 1.807) is 18.2 Å². The molecule has 0 aromatic heterocycles. The number of thioether (sulfide) groups is 1. The molecule has 0 radical (unpaired) electrons. The van der Waals surface area contributed by atoms with Crippen LogP contribution < -0.4 is 20.4 Å². The fourth-order valence-electron chi connectivity index (χ4n) is 5.55. The molecule has 0 fully saturated rings. The number of hydrogen-bond donors (Lipinski definition) is 2. The Bertz CT molecular complexity index is 1550. The van der Waals surface area contributed by atoms with Gasteiger partial charge in [0.25, 0.3) is 5.91 Å². The number of anilines is 3.